The van der Waals surface area contributed by atoms with Crippen LogP contribution in [0, 0.1) is 0 Å². The molecular formula is C11H17NO4. The van der Waals surface area contributed by atoms with Gasteiger partial charge in [0, 0.05) is 13.2 Å². The van der Waals surface area contributed by atoms with Gasteiger partial charge in [-0.2, -0.15) is 0 Å². The Labute approximate surface area is 94.6 Å². The molecule has 0 unspecified atom stereocenters. The summed E-state index contributed by atoms with van der Waals surface area (Å²) >= 11 is 0. The summed E-state index contributed by atoms with van der Waals surface area (Å²) in [6.07, 6.45) is 1.26. The third-order valence-electron chi connectivity index (χ3n) is 2.15. The van der Waals surface area contributed by atoms with E-state index in [4.69, 9.17) is 14.3 Å². The molecule has 0 aliphatic heterocycles. The van der Waals surface area contributed by atoms with Gasteiger partial charge in [-0.1, -0.05) is 0 Å². The Balaban J connectivity index is 2.37. The Morgan fingerprint density at radius 3 is 2.94 bits per heavy atom. The lowest BCUT2D eigenvalue weighted by Crippen LogP contribution is -2.22. The van der Waals surface area contributed by atoms with E-state index in [2.05, 4.69) is 0 Å². The highest BCUT2D eigenvalue weighted by Crippen LogP contribution is 2.09. The third-order valence-corrected chi connectivity index (χ3v) is 2.15. The van der Waals surface area contributed by atoms with Gasteiger partial charge in [0.25, 0.3) is 0 Å². The summed E-state index contributed by atoms with van der Waals surface area (Å²) in [5.41, 5.74) is 0.188. The molecule has 0 amide bonds. The summed E-state index contributed by atoms with van der Waals surface area (Å²) in [5, 5.41) is 8.71. The fourth-order valence-corrected chi connectivity index (χ4v) is 1.29. The second kappa shape index (κ2) is 6.30. The number of carbonyl (C=O) groups is 1. The first-order valence-electron chi connectivity index (χ1n) is 5.20. The van der Waals surface area contributed by atoms with Crippen LogP contribution < -0.4 is 0 Å². The Bertz CT molecular complexity index is 334. The number of carboxylic acids is 1. The quantitative estimate of drug-likeness (QED) is 0.714. The van der Waals surface area contributed by atoms with Crippen molar-refractivity contribution < 1.29 is 19.1 Å². The van der Waals surface area contributed by atoms with E-state index < -0.39 is 5.97 Å². The molecule has 0 saturated heterocycles. The number of nitrogens with zero attached hydrogens (tertiary/aromatic N) is 1. The zero-order chi connectivity index (χ0) is 12.0. The molecule has 16 heavy (non-hydrogen) atoms. The Morgan fingerprint density at radius 1 is 1.62 bits per heavy atom. The maximum absolute atomic E-state index is 10.6. The lowest BCUT2D eigenvalue weighted by atomic mass is 10.3. The number of rotatable bonds is 7. The molecule has 1 heterocycles. The van der Waals surface area contributed by atoms with Crippen molar-refractivity contribution in [3.8, 4) is 0 Å². The maximum atomic E-state index is 10.6. The number of aromatic carboxylic acids is 1. The summed E-state index contributed by atoms with van der Waals surface area (Å²) < 4.78 is 10.4. The van der Waals surface area contributed by atoms with E-state index in [1.165, 1.54) is 6.26 Å². The lowest BCUT2D eigenvalue weighted by Gasteiger charge is -2.14. The average molecular weight is 227 g/mol. The Kier molecular flexibility index (Phi) is 5.01. The van der Waals surface area contributed by atoms with E-state index in [0.29, 0.717) is 25.5 Å². The zero-order valence-electron chi connectivity index (χ0n) is 9.60. The first-order chi connectivity index (χ1) is 7.63. The summed E-state index contributed by atoms with van der Waals surface area (Å²) in [5.74, 6) is -0.316. The van der Waals surface area contributed by atoms with Crippen LogP contribution >= 0.6 is 0 Å². The van der Waals surface area contributed by atoms with Crippen LogP contribution in [0.2, 0.25) is 0 Å². The van der Waals surface area contributed by atoms with Gasteiger partial charge in [0.05, 0.1) is 18.7 Å². The molecule has 1 aromatic heterocycles. The highest BCUT2D eigenvalue weighted by atomic mass is 16.5. The lowest BCUT2D eigenvalue weighted by molar-refractivity contribution is 0.0696. The molecule has 0 spiro atoms. The number of hydrogen-bond acceptors (Lipinski definition) is 4. The molecule has 5 heteroatoms. The number of carboxylic acid groups (broad SMARTS) is 1. The minimum atomic E-state index is -0.966. The number of likely N-dealkylation sites (N-methyl/N-ethyl adjacent to an activating group) is 1. The molecule has 1 N–H and O–H groups in total. The van der Waals surface area contributed by atoms with Crippen LogP contribution in [0.25, 0.3) is 0 Å². The van der Waals surface area contributed by atoms with Gasteiger partial charge in [0.2, 0.25) is 0 Å². The van der Waals surface area contributed by atoms with Gasteiger partial charge in [-0.15, -0.1) is 0 Å². The van der Waals surface area contributed by atoms with Gasteiger partial charge in [0.1, 0.15) is 12.0 Å². The maximum Gasteiger partial charge on any atom is 0.338 e. The zero-order valence-corrected chi connectivity index (χ0v) is 9.60. The highest BCUT2D eigenvalue weighted by molar-refractivity contribution is 5.87. The Morgan fingerprint density at radius 2 is 2.38 bits per heavy atom. The minimum absolute atomic E-state index is 0.188. The van der Waals surface area contributed by atoms with Crippen molar-refractivity contribution in [2.75, 3.05) is 26.8 Å². The smallest absolute Gasteiger partial charge is 0.338 e. The molecule has 0 aliphatic rings. The standard InChI is InChI=1S/C11H17NO4/c1-3-15-5-4-12(2)7-10-6-9(8-16-10)11(13)14/h6,8H,3-5,7H2,1-2H3,(H,13,14). The molecule has 0 atom stereocenters. The van der Waals surface area contributed by atoms with Crippen LogP contribution in [0.3, 0.4) is 0 Å². The van der Waals surface area contributed by atoms with E-state index >= 15 is 0 Å². The van der Waals surface area contributed by atoms with Gasteiger partial charge in [0.15, 0.2) is 0 Å². The predicted octanol–water partition coefficient (Wildman–Crippen LogP) is 1.45. The second-order valence-electron chi connectivity index (χ2n) is 3.54. The number of ether oxygens (including phenoxy) is 1. The van der Waals surface area contributed by atoms with Gasteiger partial charge < -0.3 is 14.3 Å². The second-order valence-corrected chi connectivity index (χ2v) is 3.54. The van der Waals surface area contributed by atoms with Gasteiger partial charge >= 0.3 is 5.97 Å². The SMILES string of the molecule is CCOCCN(C)Cc1cc(C(=O)O)co1. The van der Waals surface area contributed by atoms with Crippen LogP contribution in [-0.2, 0) is 11.3 Å². The summed E-state index contributed by atoms with van der Waals surface area (Å²) in [6, 6.07) is 1.54. The molecule has 0 aromatic carbocycles. The molecule has 0 bridgehead atoms. The van der Waals surface area contributed by atoms with Crippen molar-refractivity contribution in [2.24, 2.45) is 0 Å². The first-order valence-corrected chi connectivity index (χ1v) is 5.20. The monoisotopic (exact) mass is 227 g/mol. The van der Waals surface area contributed by atoms with Crippen LogP contribution in [0.4, 0.5) is 0 Å². The van der Waals surface area contributed by atoms with Crippen molar-refractivity contribution in [3.05, 3.63) is 23.7 Å². The molecule has 0 radical (unpaired) electrons. The van der Waals surface area contributed by atoms with Gasteiger partial charge in [-0.3, -0.25) is 4.90 Å². The van der Waals surface area contributed by atoms with E-state index in [1.807, 2.05) is 18.9 Å². The molecule has 0 saturated carbocycles. The molecule has 1 rings (SSSR count). The topological polar surface area (TPSA) is 62.9 Å². The predicted molar refractivity (Wildman–Crippen MR) is 58.5 cm³/mol. The normalized spacial score (nSPS) is 10.9. The molecular weight excluding hydrogens is 210 g/mol. The van der Waals surface area contributed by atoms with E-state index in [9.17, 15) is 4.79 Å². The fourth-order valence-electron chi connectivity index (χ4n) is 1.29. The average Bonchev–Trinajstić information content (AvgIpc) is 2.66. The van der Waals surface area contributed by atoms with Gasteiger partial charge in [-0.25, -0.2) is 4.79 Å². The summed E-state index contributed by atoms with van der Waals surface area (Å²) in [6.45, 7) is 4.69. The van der Waals surface area contributed by atoms with Crippen molar-refractivity contribution in [1.82, 2.24) is 4.90 Å². The molecule has 0 aliphatic carbocycles. The number of furan rings is 1. The van der Waals surface area contributed by atoms with Crippen LogP contribution in [0.15, 0.2) is 16.7 Å². The van der Waals surface area contributed by atoms with Crippen molar-refractivity contribution in [1.29, 1.82) is 0 Å². The van der Waals surface area contributed by atoms with Gasteiger partial charge in [-0.05, 0) is 20.0 Å². The minimum Gasteiger partial charge on any atom is -0.478 e. The third kappa shape index (κ3) is 4.04. The molecule has 0 fully saturated rings. The van der Waals surface area contributed by atoms with E-state index in [0.717, 1.165) is 6.54 Å². The molecule has 5 nitrogen and oxygen atoms in total. The van der Waals surface area contributed by atoms with Crippen LogP contribution in [0.1, 0.15) is 23.0 Å². The van der Waals surface area contributed by atoms with Crippen molar-refractivity contribution >= 4 is 5.97 Å². The number of hydrogen-bond donors (Lipinski definition) is 1. The molecule has 90 valence electrons. The van der Waals surface area contributed by atoms with Crippen molar-refractivity contribution in [3.63, 3.8) is 0 Å². The summed E-state index contributed by atoms with van der Waals surface area (Å²) in [7, 11) is 1.93. The first kappa shape index (κ1) is 12.7. The van der Waals surface area contributed by atoms with E-state index in [1.54, 1.807) is 6.07 Å². The van der Waals surface area contributed by atoms with Crippen molar-refractivity contribution in [2.45, 2.75) is 13.5 Å². The fraction of sp³-hybridized carbons (Fsp3) is 0.545. The van der Waals surface area contributed by atoms with Crippen LogP contribution in [0.5, 0.6) is 0 Å². The van der Waals surface area contributed by atoms with Crippen LogP contribution in [-0.4, -0.2) is 42.8 Å². The largest absolute Gasteiger partial charge is 0.478 e. The highest BCUT2D eigenvalue weighted by Gasteiger charge is 2.09. The van der Waals surface area contributed by atoms with E-state index in [-0.39, 0.29) is 5.56 Å². The molecule has 1 aromatic rings. The summed E-state index contributed by atoms with van der Waals surface area (Å²) in [4.78, 5) is 12.6. The Hall–Kier alpha value is -1.33.